The predicted octanol–water partition coefficient (Wildman–Crippen LogP) is 7.12. The molecule has 1 saturated heterocycles. The molecule has 16 heteroatoms. The number of esters is 1. The summed E-state index contributed by atoms with van der Waals surface area (Å²) in [5.74, 6) is -1.20. The van der Waals surface area contributed by atoms with E-state index in [2.05, 4.69) is 112 Å². The highest BCUT2D eigenvalue weighted by atomic mass is 127. The van der Waals surface area contributed by atoms with Gasteiger partial charge in [-0.25, -0.2) is 9.78 Å². The standard InChI is InChI=1S/C31H46ClIN6O5SSi2/c1-29(2,3)46(8,9)43-21-22(44-47(10,11)30(4,5)6)31(26(34)40,27(41)42-7)45-25(21)39-17-36-20-23(37-28(32)38-24(20)39)35-16-18-13-12-14-19(33)15-18/h12-15,17,21-22,25H,16H2,1-11H3,(H2,34,40)(H,35,37,38)/t21-,22+,25-,31+/m1/s1. The number of thioether (sulfide) groups is 1. The first-order valence-electron chi connectivity index (χ1n) is 15.4. The first-order chi connectivity index (χ1) is 21.6. The van der Waals surface area contributed by atoms with Crippen LogP contribution in [0.15, 0.2) is 30.6 Å². The Balaban J connectivity index is 1.92. The van der Waals surface area contributed by atoms with Crippen molar-refractivity contribution >= 4 is 91.4 Å². The van der Waals surface area contributed by atoms with Crippen molar-refractivity contribution < 1.29 is 23.2 Å². The Hall–Kier alpha value is -1.77. The summed E-state index contributed by atoms with van der Waals surface area (Å²) >= 11 is 9.84. The average Bonchev–Trinajstić information content (AvgIpc) is 3.49. The van der Waals surface area contributed by atoms with E-state index in [1.807, 2.05) is 18.2 Å². The second kappa shape index (κ2) is 13.5. The third kappa shape index (κ3) is 7.40. The van der Waals surface area contributed by atoms with Crippen molar-refractivity contribution in [3.63, 3.8) is 0 Å². The molecule has 2 aromatic heterocycles. The van der Waals surface area contributed by atoms with Gasteiger partial charge in [-0.1, -0.05) is 53.7 Å². The molecule has 1 amide bonds. The smallest absolute Gasteiger partial charge is 0.334 e. The van der Waals surface area contributed by atoms with Crippen LogP contribution in [-0.2, 0) is 29.7 Å². The fourth-order valence-electron chi connectivity index (χ4n) is 4.85. The zero-order valence-electron chi connectivity index (χ0n) is 28.9. The topological polar surface area (TPSA) is 143 Å². The zero-order valence-corrected chi connectivity index (χ0v) is 34.6. The third-order valence-electron chi connectivity index (χ3n) is 9.62. The van der Waals surface area contributed by atoms with Gasteiger partial charge in [-0.05, 0) is 88.2 Å². The molecule has 0 saturated carbocycles. The molecule has 258 valence electrons. The highest BCUT2D eigenvalue weighted by molar-refractivity contribution is 14.1. The minimum atomic E-state index is -2.63. The number of amides is 1. The number of carbonyl (C=O) groups excluding carboxylic acids is 2. The summed E-state index contributed by atoms with van der Waals surface area (Å²) in [4.78, 5) is 41.2. The minimum absolute atomic E-state index is 0.0115. The lowest BCUT2D eigenvalue weighted by molar-refractivity contribution is -0.152. The van der Waals surface area contributed by atoms with Crippen LogP contribution in [0, 0.1) is 3.57 Å². The van der Waals surface area contributed by atoms with Crippen LogP contribution in [0.1, 0.15) is 52.5 Å². The van der Waals surface area contributed by atoms with E-state index in [0.29, 0.717) is 23.5 Å². The Kier molecular flexibility index (Phi) is 10.9. The summed E-state index contributed by atoms with van der Waals surface area (Å²) in [6.07, 6.45) is -0.259. The summed E-state index contributed by atoms with van der Waals surface area (Å²) in [6, 6.07) is 8.10. The molecule has 1 aliphatic heterocycles. The Labute approximate surface area is 302 Å². The van der Waals surface area contributed by atoms with Crippen molar-refractivity contribution in [1.29, 1.82) is 0 Å². The number of nitrogens with zero attached hydrogens (tertiary/aromatic N) is 4. The fourth-order valence-corrected chi connectivity index (χ4v) is 9.98. The Morgan fingerprint density at radius 1 is 1.09 bits per heavy atom. The summed E-state index contributed by atoms with van der Waals surface area (Å²) in [5.41, 5.74) is 8.11. The van der Waals surface area contributed by atoms with E-state index in [4.69, 9.17) is 35.9 Å². The largest absolute Gasteiger partial charge is 0.468 e. The number of primary amides is 1. The van der Waals surface area contributed by atoms with Gasteiger partial charge in [0.2, 0.25) is 15.9 Å². The van der Waals surface area contributed by atoms with Crippen molar-refractivity contribution in [2.45, 2.75) is 107 Å². The van der Waals surface area contributed by atoms with Gasteiger partial charge in [0.25, 0.3) is 0 Å². The number of nitrogens with one attached hydrogen (secondary N) is 1. The second-order valence-corrected chi connectivity index (χ2v) is 27.3. The maximum atomic E-state index is 13.8. The molecule has 0 radical (unpaired) electrons. The first kappa shape index (κ1) is 38.0. The maximum Gasteiger partial charge on any atom is 0.334 e. The van der Waals surface area contributed by atoms with Crippen molar-refractivity contribution in [2.75, 3.05) is 12.4 Å². The van der Waals surface area contributed by atoms with Gasteiger partial charge in [0, 0.05) is 10.1 Å². The number of rotatable bonds is 10. The van der Waals surface area contributed by atoms with E-state index >= 15 is 0 Å². The second-order valence-electron chi connectivity index (χ2n) is 14.9. The highest BCUT2D eigenvalue weighted by Crippen LogP contribution is 2.56. The summed E-state index contributed by atoms with van der Waals surface area (Å²) in [7, 11) is -3.95. The quantitative estimate of drug-likeness (QED) is 0.0713. The SMILES string of the molecule is COC(=O)[C@]1(C(N)=O)S[C@@H](n2cnc3c(NCc4cccc(I)c4)nc(Cl)nc32)[C@H](O[Si](C)(C)C(C)(C)C)[C@@H]1O[Si](C)(C)C(C)(C)C. The molecule has 1 fully saturated rings. The van der Waals surface area contributed by atoms with E-state index in [1.54, 1.807) is 10.9 Å². The number of anilines is 1. The first-order valence-corrected chi connectivity index (χ1v) is 23.5. The Morgan fingerprint density at radius 2 is 1.70 bits per heavy atom. The lowest BCUT2D eigenvalue weighted by Crippen LogP contribution is -2.62. The molecular formula is C31H46ClIN6O5SSi2. The molecule has 4 atom stereocenters. The number of halogens is 2. The molecule has 47 heavy (non-hydrogen) atoms. The fraction of sp³-hybridized carbons (Fsp3) is 0.581. The lowest BCUT2D eigenvalue weighted by Gasteiger charge is -2.45. The number of nitrogens with two attached hydrogens (primary N) is 1. The molecule has 1 aromatic carbocycles. The van der Waals surface area contributed by atoms with Gasteiger partial charge >= 0.3 is 5.97 Å². The van der Waals surface area contributed by atoms with Crippen LogP contribution >= 0.6 is 46.0 Å². The zero-order chi connectivity index (χ0) is 35.3. The van der Waals surface area contributed by atoms with Crippen molar-refractivity contribution in [2.24, 2.45) is 5.73 Å². The molecule has 3 heterocycles. The van der Waals surface area contributed by atoms with Gasteiger partial charge in [-0.2, -0.15) is 9.97 Å². The van der Waals surface area contributed by atoms with E-state index < -0.39 is 50.8 Å². The third-order valence-corrected chi connectivity index (χ3v) is 21.1. The summed E-state index contributed by atoms with van der Waals surface area (Å²) in [6.45, 7) is 21.6. The van der Waals surface area contributed by atoms with Crippen LogP contribution in [0.4, 0.5) is 5.82 Å². The number of carbonyl (C=O) groups is 2. The van der Waals surface area contributed by atoms with Crippen LogP contribution in [-0.4, -0.2) is 72.1 Å². The van der Waals surface area contributed by atoms with Crippen molar-refractivity contribution in [3.8, 4) is 0 Å². The predicted molar refractivity (Wildman–Crippen MR) is 202 cm³/mol. The number of ether oxygens (including phenoxy) is 1. The number of fused-ring (bicyclic) bond motifs is 1. The summed E-state index contributed by atoms with van der Waals surface area (Å²) in [5, 5.41) is 2.18. The van der Waals surface area contributed by atoms with E-state index in [0.717, 1.165) is 20.9 Å². The number of imidazole rings is 1. The monoisotopic (exact) mass is 832 g/mol. The number of hydrogen-bond donors (Lipinski definition) is 2. The molecule has 0 unspecified atom stereocenters. The number of benzene rings is 1. The Bertz CT molecular complexity index is 1660. The van der Waals surface area contributed by atoms with Gasteiger partial charge in [0.1, 0.15) is 17.6 Å². The molecule has 0 bridgehead atoms. The molecule has 1 aliphatic rings. The maximum absolute atomic E-state index is 13.8. The van der Waals surface area contributed by atoms with Gasteiger partial charge in [-0.3, -0.25) is 9.36 Å². The number of hydrogen-bond acceptors (Lipinski definition) is 10. The van der Waals surface area contributed by atoms with Crippen molar-refractivity contribution in [1.82, 2.24) is 19.5 Å². The van der Waals surface area contributed by atoms with Crippen LogP contribution in [0.5, 0.6) is 0 Å². The molecule has 0 spiro atoms. The molecule has 3 N–H and O–H groups in total. The lowest BCUT2D eigenvalue weighted by atomic mass is 9.96. The van der Waals surface area contributed by atoms with Crippen LogP contribution < -0.4 is 11.1 Å². The summed E-state index contributed by atoms with van der Waals surface area (Å²) < 4.78 is 20.5. The number of methoxy groups -OCH3 is 1. The Morgan fingerprint density at radius 3 is 2.26 bits per heavy atom. The highest BCUT2D eigenvalue weighted by Gasteiger charge is 2.68. The van der Waals surface area contributed by atoms with Crippen LogP contribution in [0.3, 0.4) is 0 Å². The van der Waals surface area contributed by atoms with Gasteiger partial charge in [0.15, 0.2) is 33.6 Å². The average molecular weight is 833 g/mol. The van der Waals surface area contributed by atoms with Gasteiger partial charge < -0.3 is 24.6 Å². The van der Waals surface area contributed by atoms with Gasteiger partial charge in [0.05, 0.1) is 13.4 Å². The molecule has 0 aliphatic carbocycles. The number of aromatic nitrogens is 4. The van der Waals surface area contributed by atoms with Crippen LogP contribution in [0.25, 0.3) is 11.2 Å². The minimum Gasteiger partial charge on any atom is -0.468 e. The molecule has 3 aromatic rings. The van der Waals surface area contributed by atoms with Crippen molar-refractivity contribution in [3.05, 3.63) is 45.0 Å². The molecular weight excluding hydrogens is 787 g/mol. The van der Waals surface area contributed by atoms with E-state index in [1.165, 1.54) is 7.11 Å². The van der Waals surface area contributed by atoms with Gasteiger partial charge in [-0.15, -0.1) is 11.8 Å². The molecule has 4 rings (SSSR count). The van der Waals surface area contributed by atoms with E-state index in [-0.39, 0.29) is 15.4 Å². The van der Waals surface area contributed by atoms with Crippen LogP contribution in [0.2, 0.25) is 41.5 Å². The molecule has 11 nitrogen and oxygen atoms in total. The normalized spacial score (nSPS) is 22.4. The van der Waals surface area contributed by atoms with E-state index in [9.17, 15) is 9.59 Å².